The van der Waals surface area contributed by atoms with Gasteiger partial charge in [-0.3, -0.25) is 13.9 Å². The fourth-order valence-electron chi connectivity index (χ4n) is 4.36. The second kappa shape index (κ2) is 13.6. The molecule has 0 fully saturated rings. The number of benzene rings is 3. The number of rotatable bonds is 12. The second-order valence-corrected chi connectivity index (χ2v) is 12.5. The van der Waals surface area contributed by atoms with Crippen LogP contribution in [0.5, 0.6) is 5.75 Å². The smallest absolute Gasteiger partial charge is 0.264 e. The Balaban J connectivity index is 2.01. The van der Waals surface area contributed by atoms with Crippen molar-refractivity contribution in [2.24, 2.45) is 0 Å². The summed E-state index contributed by atoms with van der Waals surface area (Å²) in [5.41, 5.74) is 0.555. The summed E-state index contributed by atoms with van der Waals surface area (Å²) < 4.78 is 47.6. The molecule has 3 aromatic rings. The SMILES string of the molecule is CC[C@@H](C(=O)NC(C)(C)C)N(CCc1ccccc1)C(=O)CN(c1ccc(F)cc1)S(=O)(=O)c1ccc(OC)cc1. The standard InChI is InChI=1S/C31H38FN3O5S/c1-6-28(30(37)33-31(2,3)4)34(21-20-23-10-8-7-9-11-23)29(36)22-35(25-14-12-24(32)13-15-25)41(38,39)27-18-16-26(40-5)17-19-27/h7-19,28H,6,20-22H2,1-5H3,(H,33,37)/t28-/m0/s1. The van der Waals surface area contributed by atoms with Crippen LogP contribution in [-0.2, 0) is 26.0 Å². The summed E-state index contributed by atoms with van der Waals surface area (Å²) in [5.74, 6) is -0.960. The summed E-state index contributed by atoms with van der Waals surface area (Å²) in [6.07, 6.45) is 0.790. The Kier molecular flexibility index (Phi) is 10.5. The average Bonchev–Trinajstić information content (AvgIpc) is 2.94. The second-order valence-electron chi connectivity index (χ2n) is 10.6. The molecule has 0 saturated carbocycles. The average molecular weight is 584 g/mol. The quantitative estimate of drug-likeness (QED) is 0.331. The largest absolute Gasteiger partial charge is 0.497 e. The molecule has 0 spiro atoms. The van der Waals surface area contributed by atoms with Crippen LogP contribution < -0.4 is 14.4 Å². The number of hydrogen-bond acceptors (Lipinski definition) is 5. The van der Waals surface area contributed by atoms with E-state index in [9.17, 15) is 22.4 Å². The summed E-state index contributed by atoms with van der Waals surface area (Å²) in [6.45, 7) is 6.97. The van der Waals surface area contributed by atoms with Gasteiger partial charge >= 0.3 is 0 Å². The summed E-state index contributed by atoms with van der Waals surface area (Å²) in [4.78, 5) is 28.7. The molecule has 0 aliphatic heterocycles. The molecule has 0 unspecified atom stereocenters. The number of nitrogens with one attached hydrogen (secondary N) is 1. The summed E-state index contributed by atoms with van der Waals surface area (Å²) in [5, 5.41) is 2.94. The van der Waals surface area contributed by atoms with Gasteiger partial charge in [-0.25, -0.2) is 12.8 Å². The van der Waals surface area contributed by atoms with Crippen LogP contribution in [0.4, 0.5) is 10.1 Å². The van der Waals surface area contributed by atoms with Crippen LogP contribution in [-0.4, -0.2) is 56.9 Å². The first-order valence-corrected chi connectivity index (χ1v) is 14.9. The van der Waals surface area contributed by atoms with Crippen LogP contribution in [0.15, 0.2) is 83.8 Å². The van der Waals surface area contributed by atoms with Crippen LogP contribution in [0.3, 0.4) is 0 Å². The number of methoxy groups -OCH3 is 1. The predicted molar refractivity (Wildman–Crippen MR) is 158 cm³/mol. The van der Waals surface area contributed by atoms with Crippen LogP contribution in [0, 0.1) is 5.82 Å². The minimum atomic E-state index is -4.26. The predicted octanol–water partition coefficient (Wildman–Crippen LogP) is 4.79. The zero-order valence-corrected chi connectivity index (χ0v) is 24.9. The van der Waals surface area contributed by atoms with E-state index in [4.69, 9.17) is 4.74 Å². The maximum absolute atomic E-state index is 14.0. The molecular formula is C31H38FN3O5S. The number of ether oxygens (including phenoxy) is 1. The monoisotopic (exact) mass is 583 g/mol. The van der Waals surface area contributed by atoms with Gasteiger partial charge in [0, 0.05) is 12.1 Å². The van der Waals surface area contributed by atoms with Crippen molar-refractivity contribution >= 4 is 27.5 Å². The summed E-state index contributed by atoms with van der Waals surface area (Å²) >= 11 is 0. The molecule has 0 heterocycles. The van der Waals surface area contributed by atoms with Gasteiger partial charge < -0.3 is 15.0 Å². The van der Waals surface area contributed by atoms with Crippen molar-refractivity contribution in [3.05, 3.63) is 90.2 Å². The van der Waals surface area contributed by atoms with Crippen LogP contribution >= 0.6 is 0 Å². The number of nitrogens with zero attached hydrogens (tertiary/aromatic N) is 2. The highest BCUT2D eigenvalue weighted by Crippen LogP contribution is 2.26. The Morgan fingerprint density at radius 1 is 0.951 bits per heavy atom. The van der Waals surface area contributed by atoms with E-state index in [1.807, 2.05) is 58.0 Å². The van der Waals surface area contributed by atoms with Gasteiger partial charge in [0.05, 0.1) is 17.7 Å². The van der Waals surface area contributed by atoms with Crippen LogP contribution in [0.25, 0.3) is 0 Å². The maximum atomic E-state index is 14.0. The van der Waals surface area contributed by atoms with Gasteiger partial charge in [0.25, 0.3) is 10.0 Å². The van der Waals surface area contributed by atoms with E-state index in [0.717, 1.165) is 22.0 Å². The first kappa shape index (κ1) is 31.6. The van der Waals surface area contributed by atoms with Gasteiger partial charge in [0.2, 0.25) is 11.8 Å². The first-order chi connectivity index (χ1) is 19.4. The lowest BCUT2D eigenvalue weighted by Crippen LogP contribution is -2.56. The molecule has 41 heavy (non-hydrogen) atoms. The Morgan fingerprint density at radius 3 is 2.10 bits per heavy atom. The van der Waals surface area contributed by atoms with Crippen molar-refractivity contribution in [3.63, 3.8) is 0 Å². The van der Waals surface area contributed by atoms with Crippen molar-refractivity contribution in [1.29, 1.82) is 0 Å². The number of amides is 2. The van der Waals surface area contributed by atoms with Gasteiger partial charge in [-0.05, 0) is 87.7 Å². The molecule has 0 aliphatic rings. The van der Waals surface area contributed by atoms with Crippen molar-refractivity contribution in [3.8, 4) is 5.75 Å². The molecule has 3 rings (SSSR count). The lowest BCUT2D eigenvalue weighted by Gasteiger charge is -2.34. The lowest BCUT2D eigenvalue weighted by atomic mass is 10.1. The molecule has 0 aromatic heterocycles. The van der Waals surface area contributed by atoms with E-state index in [1.165, 1.54) is 48.4 Å². The van der Waals surface area contributed by atoms with Crippen molar-refractivity contribution in [2.45, 2.75) is 57.0 Å². The molecule has 2 amide bonds. The molecule has 1 atom stereocenters. The maximum Gasteiger partial charge on any atom is 0.264 e. The van der Waals surface area contributed by atoms with Gasteiger partial charge in [-0.2, -0.15) is 0 Å². The molecule has 220 valence electrons. The molecular weight excluding hydrogens is 545 g/mol. The third-order valence-corrected chi connectivity index (χ3v) is 8.20. The van der Waals surface area contributed by atoms with Crippen molar-refractivity contribution < 1.29 is 27.1 Å². The first-order valence-electron chi connectivity index (χ1n) is 13.4. The minimum Gasteiger partial charge on any atom is -0.497 e. The Bertz CT molecular complexity index is 1410. The highest BCUT2D eigenvalue weighted by molar-refractivity contribution is 7.92. The fourth-order valence-corrected chi connectivity index (χ4v) is 5.77. The van der Waals surface area contributed by atoms with Gasteiger partial charge in [0.1, 0.15) is 24.2 Å². The summed E-state index contributed by atoms with van der Waals surface area (Å²) in [6, 6.07) is 19.4. The normalized spacial score (nSPS) is 12.3. The van der Waals surface area contributed by atoms with E-state index in [0.29, 0.717) is 18.6 Å². The molecule has 1 N–H and O–H groups in total. The summed E-state index contributed by atoms with van der Waals surface area (Å²) in [7, 11) is -2.79. The van der Waals surface area contributed by atoms with Gasteiger partial charge in [-0.1, -0.05) is 37.3 Å². The van der Waals surface area contributed by atoms with E-state index >= 15 is 0 Å². The van der Waals surface area contributed by atoms with E-state index in [2.05, 4.69) is 5.32 Å². The third-order valence-electron chi connectivity index (χ3n) is 6.41. The Hall–Kier alpha value is -3.92. The molecule has 0 saturated heterocycles. The molecule has 0 aliphatic carbocycles. The molecule has 10 heteroatoms. The van der Waals surface area contributed by atoms with Gasteiger partial charge in [0.15, 0.2) is 0 Å². The number of carbonyl (C=O) groups is 2. The fraction of sp³-hybridized carbons (Fsp3) is 0.355. The molecule has 0 radical (unpaired) electrons. The molecule has 0 bridgehead atoms. The Morgan fingerprint density at radius 2 is 1.56 bits per heavy atom. The molecule has 8 nitrogen and oxygen atoms in total. The highest BCUT2D eigenvalue weighted by Gasteiger charge is 2.34. The van der Waals surface area contributed by atoms with Crippen LogP contribution in [0.2, 0.25) is 0 Å². The van der Waals surface area contributed by atoms with E-state index in [1.54, 1.807) is 0 Å². The topological polar surface area (TPSA) is 96.0 Å². The molecule has 3 aromatic carbocycles. The van der Waals surface area contributed by atoms with Crippen molar-refractivity contribution in [1.82, 2.24) is 10.2 Å². The Labute approximate surface area is 242 Å². The van der Waals surface area contributed by atoms with Crippen molar-refractivity contribution in [2.75, 3.05) is 24.5 Å². The van der Waals surface area contributed by atoms with E-state index in [-0.39, 0.29) is 23.0 Å². The minimum absolute atomic E-state index is 0.0659. The number of halogens is 1. The number of carbonyl (C=O) groups excluding carboxylic acids is 2. The highest BCUT2D eigenvalue weighted by atomic mass is 32.2. The number of sulfonamides is 1. The number of hydrogen-bond donors (Lipinski definition) is 1. The van der Waals surface area contributed by atoms with Crippen LogP contribution in [0.1, 0.15) is 39.7 Å². The zero-order chi connectivity index (χ0) is 30.2. The van der Waals surface area contributed by atoms with E-state index < -0.39 is 39.9 Å². The zero-order valence-electron chi connectivity index (χ0n) is 24.1. The third kappa shape index (κ3) is 8.53. The lowest BCUT2D eigenvalue weighted by molar-refractivity contribution is -0.140. The number of anilines is 1. The van der Waals surface area contributed by atoms with Gasteiger partial charge in [-0.15, -0.1) is 0 Å².